The summed E-state index contributed by atoms with van der Waals surface area (Å²) in [5, 5.41) is 9.95. The molecule has 0 spiro atoms. The van der Waals surface area contributed by atoms with Crippen molar-refractivity contribution in [3.63, 3.8) is 0 Å². The van der Waals surface area contributed by atoms with E-state index in [9.17, 15) is 9.18 Å². The number of aliphatic imine (C=N–C) groups is 1. The molecule has 0 saturated carbocycles. The van der Waals surface area contributed by atoms with Gasteiger partial charge in [0.2, 0.25) is 5.91 Å². The lowest BCUT2D eigenvalue weighted by Gasteiger charge is -2.12. The fraction of sp³-hybridized carbons (Fsp3) is 0.273. The standard InChI is InChI=1S/C22H26FN5O/c1-24-22(28-15-21(29)25-11-9-16-5-3-2-4-6-16)26-12-10-17-14-27-20-8-7-18(23)13-19(17)20/h2-8,13-14,27H,9-12,15H2,1H3,(H,25,29)(H2,24,26,28). The van der Waals surface area contributed by atoms with Crippen LogP contribution in [0.1, 0.15) is 11.1 Å². The minimum atomic E-state index is -0.248. The molecule has 1 aromatic heterocycles. The molecule has 7 heteroatoms. The topological polar surface area (TPSA) is 81.3 Å². The van der Waals surface area contributed by atoms with Gasteiger partial charge in [0.15, 0.2) is 5.96 Å². The highest BCUT2D eigenvalue weighted by atomic mass is 19.1. The van der Waals surface area contributed by atoms with Crippen molar-refractivity contribution in [2.24, 2.45) is 4.99 Å². The van der Waals surface area contributed by atoms with E-state index in [4.69, 9.17) is 0 Å². The molecule has 0 saturated heterocycles. The molecule has 0 aliphatic rings. The monoisotopic (exact) mass is 395 g/mol. The predicted molar refractivity (Wildman–Crippen MR) is 114 cm³/mol. The first kappa shape index (κ1) is 20.4. The Bertz CT molecular complexity index is 968. The Kier molecular flexibility index (Phi) is 7.22. The Labute approximate surface area is 169 Å². The Hall–Kier alpha value is -3.35. The van der Waals surface area contributed by atoms with Gasteiger partial charge in [-0.3, -0.25) is 9.79 Å². The minimum Gasteiger partial charge on any atom is -0.361 e. The highest BCUT2D eigenvalue weighted by Crippen LogP contribution is 2.19. The normalized spacial score (nSPS) is 11.4. The van der Waals surface area contributed by atoms with Crippen molar-refractivity contribution >= 4 is 22.8 Å². The second-order valence-electron chi connectivity index (χ2n) is 6.69. The van der Waals surface area contributed by atoms with Crippen LogP contribution in [-0.2, 0) is 17.6 Å². The quantitative estimate of drug-likeness (QED) is 0.349. The Morgan fingerprint density at radius 2 is 1.83 bits per heavy atom. The molecule has 29 heavy (non-hydrogen) atoms. The number of hydrogen-bond acceptors (Lipinski definition) is 2. The van der Waals surface area contributed by atoms with Crippen LogP contribution in [0.25, 0.3) is 10.9 Å². The van der Waals surface area contributed by atoms with E-state index in [1.165, 1.54) is 17.7 Å². The highest BCUT2D eigenvalue weighted by molar-refractivity contribution is 5.86. The molecule has 0 fully saturated rings. The molecular weight excluding hydrogens is 369 g/mol. The summed E-state index contributed by atoms with van der Waals surface area (Å²) in [7, 11) is 1.66. The SMILES string of the molecule is CN=C(NCCc1c[nH]c2ccc(F)cc12)NCC(=O)NCCc1ccccc1. The second kappa shape index (κ2) is 10.3. The maximum Gasteiger partial charge on any atom is 0.239 e. The Morgan fingerprint density at radius 1 is 1.03 bits per heavy atom. The number of guanidine groups is 1. The largest absolute Gasteiger partial charge is 0.361 e. The van der Waals surface area contributed by atoms with Gasteiger partial charge in [0.1, 0.15) is 5.82 Å². The average Bonchev–Trinajstić information content (AvgIpc) is 3.13. The summed E-state index contributed by atoms with van der Waals surface area (Å²) in [5.74, 6) is 0.215. The van der Waals surface area contributed by atoms with Gasteiger partial charge in [-0.1, -0.05) is 30.3 Å². The second-order valence-corrected chi connectivity index (χ2v) is 6.69. The van der Waals surface area contributed by atoms with E-state index >= 15 is 0 Å². The van der Waals surface area contributed by atoms with Crippen LogP contribution in [0.3, 0.4) is 0 Å². The molecule has 2 aromatic carbocycles. The van der Waals surface area contributed by atoms with E-state index in [0.717, 1.165) is 22.9 Å². The van der Waals surface area contributed by atoms with E-state index in [1.54, 1.807) is 13.1 Å². The third-order valence-electron chi connectivity index (χ3n) is 4.63. The number of fused-ring (bicyclic) bond motifs is 1. The van der Waals surface area contributed by atoms with Crippen LogP contribution in [0.2, 0.25) is 0 Å². The van der Waals surface area contributed by atoms with Crippen molar-refractivity contribution in [3.05, 3.63) is 71.7 Å². The van der Waals surface area contributed by atoms with Crippen molar-refractivity contribution in [1.82, 2.24) is 20.9 Å². The van der Waals surface area contributed by atoms with Gasteiger partial charge in [-0.05, 0) is 42.2 Å². The molecule has 0 atom stereocenters. The fourth-order valence-corrected chi connectivity index (χ4v) is 3.11. The number of hydrogen-bond donors (Lipinski definition) is 4. The molecule has 1 heterocycles. The summed E-state index contributed by atoms with van der Waals surface area (Å²) in [6.45, 7) is 1.35. The van der Waals surface area contributed by atoms with Crippen LogP contribution in [-0.4, -0.2) is 43.5 Å². The number of rotatable bonds is 8. The van der Waals surface area contributed by atoms with Crippen molar-refractivity contribution in [2.45, 2.75) is 12.8 Å². The van der Waals surface area contributed by atoms with E-state index in [-0.39, 0.29) is 18.3 Å². The third-order valence-corrected chi connectivity index (χ3v) is 4.63. The first-order valence-corrected chi connectivity index (χ1v) is 9.66. The van der Waals surface area contributed by atoms with Gasteiger partial charge in [-0.2, -0.15) is 0 Å². The number of aromatic nitrogens is 1. The molecule has 4 N–H and O–H groups in total. The van der Waals surface area contributed by atoms with Crippen molar-refractivity contribution in [2.75, 3.05) is 26.7 Å². The van der Waals surface area contributed by atoms with E-state index in [0.29, 0.717) is 25.5 Å². The summed E-state index contributed by atoms with van der Waals surface area (Å²) in [6, 6.07) is 14.7. The van der Waals surface area contributed by atoms with E-state index < -0.39 is 0 Å². The van der Waals surface area contributed by atoms with Crippen molar-refractivity contribution in [3.8, 4) is 0 Å². The van der Waals surface area contributed by atoms with Crippen molar-refractivity contribution < 1.29 is 9.18 Å². The molecule has 6 nitrogen and oxygen atoms in total. The van der Waals surface area contributed by atoms with Crippen LogP contribution >= 0.6 is 0 Å². The Balaban J connectivity index is 1.37. The van der Waals surface area contributed by atoms with Gasteiger partial charge in [-0.15, -0.1) is 0 Å². The van der Waals surface area contributed by atoms with Gasteiger partial charge in [0.25, 0.3) is 0 Å². The molecule has 0 aliphatic heterocycles. The molecule has 3 rings (SSSR count). The van der Waals surface area contributed by atoms with Crippen molar-refractivity contribution in [1.29, 1.82) is 0 Å². The van der Waals surface area contributed by atoms with Crippen LogP contribution in [0, 0.1) is 5.82 Å². The number of amides is 1. The number of halogens is 1. The third kappa shape index (κ3) is 6.07. The molecule has 0 unspecified atom stereocenters. The summed E-state index contributed by atoms with van der Waals surface area (Å²) in [6.07, 6.45) is 3.39. The summed E-state index contributed by atoms with van der Waals surface area (Å²) >= 11 is 0. The molecule has 0 radical (unpaired) electrons. The molecule has 0 aliphatic carbocycles. The smallest absolute Gasteiger partial charge is 0.239 e. The van der Waals surface area contributed by atoms with Crippen LogP contribution in [0.15, 0.2) is 59.7 Å². The minimum absolute atomic E-state index is 0.0871. The van der Waals surface area contributed by atoms with Gasteiger partial charge in [-0.25, -0.2) is 4.39 Å². The number of carbonyl (C=O) groups is 1. The molecular formula is C22H26FN5O. The average molecular weight is 395 g/mol. The summed E-state index contributed by atoms with van der Waals surface area (Å²) < 4.78 is 13.5. The zero-order valence-corrected chi connectivity index (χ0v) is 16.5. The molecule has 3 aromatic rings. The number of nitrogens with zero attached hydrogens (tertiary/aromatic N) is 1. The first-order valence-electron chi connectivity index (χ1n) is 9.66. The zero-order chi connectivity index (χ0) is 20.5. The first-order chi connectivity index (χ1) is 14.2. The van der Waals surface area contributed by atoms with Crippen LogP contribution < -0.4 is 16.0 Å². The number of nitrogens with one attached hydrogen (secondary N) is 4. The van der Waals surface area contributed by atoms with Crippen LogP contribution in [0.5, 0.6) is 0 Å². The van der Waals surface area contributed by atoms with Gasteiger partial charge >= 0.3 is 0 Å². The van der Waals surface area contributed by atoms with Gasteiger partial charge in [0.05, 0.1) is 6.54 Å². The Morgan fingerprint density at radius 3 is 2.62 bits per heavy atom. The maximum absolute atomic E-state index is 13.5. The van der Waals surface area contributed by atoms with Crippen LogP contribution in [0.4, 0.5) is 4.39 Å². The molecule has 1 amide bonds. The fourth-order valence-electron chi connectivity index (χ4n) is 3.11. The van der Waals surface area contributed by atoms with E-state index in [2.05, 4.69) is 25.9 Å². The molecule has 0 bridgehead atoms. The number of carbonyl (C=O) groups excluding carboxylic acids is 1. The predicted octanol–water partition coefficient (Wildman–Crippen LogP) is 2.37. The van der Waals surface area contributed by atoms with Gasteiger partial charge < -0.3 is 20.9 Å². The number of H-pyrrole nitrogens is 1. The summed E-state index contributed by atoms with van der Waals surface area (Å²) in [5.41, 5.74) is 3.13. The lowest BCUT2D eigenvalue weighted by atomic mass is 10.1. The van der Waals surface area contributed by atoms with E-state index in [1.807, 2.05) is 36.5 Å². The molecule has 152 valence electrons. The lowest BCUT2D eigenvalue weighted by molar-refractivity contribution is -0.119. The maximum atomic E-state index is 13.5. The lowest BCUT2D eigenvalue weighted by Crippen LogP contribution is -2.44. The number of aromatic amines is 1. The zero-order valence-electron chi connectivity index (χ0n) is 16.5. The number of benzene rings is 2. The van der Waals surface area contributed by atoms with Gasteiger partial charge in [0, 0.05) is 37.2 Å². The summed E-state index contributed by atoms with van der Waals surface area (Å²) in [4.78, 5) is 19.3. The highest BCUT2D eigenvalue weighted by Gasteiger charge is 2.06.